The first-order chi connectivity index (χ1) is 7.16. The van der Waals surface area contributed by atoms with E-state index in [4.69, 9.17) is 0 Å². The minimum absolute atomic E-state index is 0.0844. The molecule has 2 atom stereocenters. The van der Waals surface area contributed by atoms with Gasteiger partial charge in [0.05, 0.1) is 18.0 Å². The summed E-state index contributed by atoms with van der Waals surface area (Å²) in [4.78, 5) is 17.3. The Labute approximate surface area is 87.0 Å². The Bertz CT molecular complexity index is 352. The Morgan fingerprint density at radius 3 is 2.93 bits per heavy atom. The van der Waals surface area contributed by atoms with Crippen molar-refractivity contribution in [3.63, 3.8) is 0 Å². The number of aromatic nitrogens is 2. The van der Waals surface area contributed by atoms with Crippen molar-refractivity contribution < 1.29 is 10.2 Å². The largest absolute Gasteiger partial charge is 0.390 e. The number of aliphatic hydroxyl groups is 2. The molecule has 84 valence electrons. The lowest BCUT2D eigenvalue weighted by atomic mass is 10.1. The quantitative estimate of drug-likeness (QED) is 0.491. The number of rotatable bonds is 5. The van der Waals surface area contributed by atoms with E-state index >= 15 is 0 Å². The van der Waals surface area contributed by atoms with E-state index in [0.29, 0.717) is 13.0 Å². The zero-order chi connectivity index (χ0) is 11.3. The maximum absolute atomic E-state index is 11.3. The van der Waals surface area contributed by atoms with Crippen LogP contribution in [0.3, 0.4) is 0 Å². The molecule has 6 nitrogen and oxygen atoms in total. The first kappa shape index (κ1) is 11.8. The van der Waals surface area contributed by atoms with E-state index in [-0.39, 0.29) is 5.56 Å². The lowest BCUT2D eigenvalue weighted by molar-refractivity contribution is 0.0130. The summed E-state index contributed by atoms with van der Waals surface area (Å²) in [6.07, 6.45) is 0.690. The highest BCUT2D eigenvalue weighted by Gasteiger charge is 2.20. The number of H-pyrrole nitrogens is 1. The molecule has 0 aliphatic rings. The zero-order valence-corrected chi connectivity index (χ0v) is 8.47. The summed E-state index contributed by atoms with van der Waals surface area (Å²) in [5.74, 6) is 0. The van der Waals surface area contributed by atoms with Crippen molar-refractivity contribution in [3.8, 4) is 0 Å². The Balaban J connectivity index is 2.71. The summed E-state index contributed by atoms with van der Waals surface area (Å²) in [5.41, 5.74) is -0.345. The first-order valence-corrected chi connectivity index (χ1v) is 4.70. The molecule has 0 aromatic carbocycles. The second-order valence-corrected chi connectivity index (χ2v) is 3.24. The summed E-state index contributed by atoms with van der Waals surface area (Å²) in [6, 6.07) is 0. The van der Waals surface area contributed by atoms with E-state index in [1.165, 1.54) is 12.5 Å². The van der Waals surface area contributed by atoms with E-state index < -0.39 is 17.8 Å². The maximum Gasteiger partial charge on any atom is 0.256 e. The zero-order valence-electron chi connectivity index (χ0n) is 8.47. The summed E-state index contributed by atoms with van der Waals surface area (Å²) in [5, 5.41) is 22.1. The van der Waals surface area contributed by atoms with Crippen LogP contribution in [0.2, 0.25) is 0 Å². The SMILES string of the molecule is CNCCC(O)C(O)c1cnc[nH]c1=O. The van der Waals surface area contributed by atoms with E-state index in [2.05, 4.69) is 15.3 Å². The van der Waals surface area contributed by atoms with Gasteiger partial charge in [0, 0.05) is 6.20 Å². The molecule has 1 aromatic rings. The van der Waals surface area contributed by atoms with Gasteiger partial charge in [-0.15, -0.1) is 0 Å². The molecular weight excluding hydrogens is 198 g/mol. The van der Waals surface area contributed by atoms with Crippen molar-refractivity contribution in [2.75, 3.05) is 13.6 Å². The average Bonchev–Trinajstić information content (AvgIpc) is 2.25. The maximum atomic E-state index is 11.3. The fraction of sp³-hybridized carbons (Fsp3) is 0.556. The standard InChI is InChI=1S/C9H15N3O3/c1-10-3-2-7(13)8(14)6-4-11-5-12-9(6)15/h4-5,7-8,10,13-14H,2-3H2,1H3,(H,11,12,15). The van der Waals surface area contributed by atoms with Gasteiger partial charge in [0.15, 0.2) is 0 Å². The number of aliphatic hydroxyl groups excluding tert-OH is 2. The molecule has 4 N–H and O–H groups in total. The molecule has 0 aliphatic carbocycles. The predicted molar refractivity (Wildman–Crippen MR) is 54.4 cm³/mol. The molecule has 2 unspecified atom stereocenters. The van der Waals surface area contributed by atoms with Crippen LogP contribution in [0.5, 0.6) is 0 Å². The highest BCUT2D eigenvalue weighted by molar-refractivity contribution is 5.08. The molecule has 15 heavy (non-hydrogen) atoms. The molecule has 1 heterocycles. The molecule has 0 saturated carbocycles. The van der Waals surface area contributed by atoms with Crippen LogP contribution < -0.4 is 10.9 Å². The van der Waals surface area contributed by atoms with Gasteiger partial charge in [-0.1, -0.05) is 0 Å². The topological polar surface area (TPSA) is 98.2 Å². The number of hydrogen-bond acceptors (Lipinski definition) is 5. The molecule has 0 amide bonds. The van der Waals surface area contributed by atoms with Gasteiger partial charge in [0.25, 0.3) is 5.56 Å². The van der Waals surface area contributed by atoms with E-state index in [9.17, 15) is 15.0 Å². The van der Waals surface area contributed by atoms with Crippen LogP contribution in [0.4, 0.5) is 0 Å². The first-order valence-electron chi connectivity index (χ1n) is 4.70. The van der Waals surface area contributed by atoms with Crippen molar-refractivity contribution in [1.29, 1.82) is 0 Å². The smallest absolute Gasteiger partial charge is 0.256 e. The lowest BCUT2D eigenvalue weighted by Gasteiger charge is -2.16. The van der Waals surface area contributed by atoms with Gasteiger partial charge in [0.2, 0.25) is 0 Å². The second kappa shape index (κ2) is 5.59. The van der Waals surface area contributed by atoms with Gasteiger partial charge in [-0.2, -0.15) is 0 Å². The van der Waals surface area contributed by atoms with Crippen LogP contribution in [0.15, 0.2) is 17.3 Å². The molecule has 0 radical (unpaired) electrons. The van der Waals surface area contributed by atoms with E-state index in [1.807, 2.05) is 0 Å². The van der Waals surface area contributed by atoms with Gasteiger partial charge >= 0.3 is 0 Å². The van der Waals surface area contributed by atoms with Crippen LogP contribution in [0, 0.1) is 0 Å². The number of aromatic amines is 1. The Kier molecular flexibility index (Phi) is 4.41. The predicted octanol–water partition coefficient (Wildman–Crippen LogP) is -1.23. The monoisotopic (exact) mass is 213 g/mol. The van der Waals surface area contributed by atoms with Gasteiger partial charge < -0.3 is 20.5 Å². The van der Waals surface area contributed by atoms with Crippen LogP contribution in [0.1, 0.15) is 18.1 Å². The summed E-state index contributed by atoms with van der Waals surface area (Å²) in [6.45, 7) is 0.566. The van der Waals surface area contributed by atoms with Gasteiger partial charge in [0.1, 0.15) is 6.10 Å². The van der Waals surface area contributed by atoms with E-state index in [1.54, 1.807) is 7.05 Å². The average molecular weight is 213 g/mol. The molecule has 0 fully saturated rings. The van der Waals surface area contributed by atoms with Crippen molar-refractivity contribution in [1.82, 2.24) is 15.3 Å². The molecule has 6 heteroatoms. The highest BCUT2D eigenvalue weighted by Crippen LogP contribution is 2.13. The highest BCUT2D eigenvalue weighted by atomic mass is 16.3. The molecular formula is C9H15N3O3. The molecule has 1 rings (SSSR count). The third-order valence-corrected chi connectivity index (χ3v) is 2.12. The number of hydrogen-bond donors (Lipinski definition) is 4. The Morgan fingerprint density at radius 2 is 2.33 bits per heavy atom. The minimum Gasteiger partial charge on any atom is -0.390 e. The van der Waals surface area contributed by atoms with Crippen LogP contribution in [0.25, 0.3) is 0 Å². The van der Waals surface area contributed by atoms with Crippen LogP contribution in [-0.4, -0.2) is 39.9 Å². The third-order valence-electron chi connectivity index (χ3n) is 2.12. The third kappa shape index (κ3) is 3.12. The van der Waals surface area contributed by atoms with Crippen molar-refractivity contribution in [3.05, 3.63) is 28.4 Å². The molecule has 0 bridgehead atoms. The molecule has 1 aromatic heterocycles. The van der Waals surface area contributed by atoms with Gasteiger partial charge in [-0.3, -0.25) is 4.79 Å². The summed E-state index contributed by atoms with van der Waals surface area (Å²) >= 11 is 0. The van der Waals surface area contributed by atoms with Crippen LogP contribution in [-0.2, 0) is 0 Å². The van der Waals surface area contributed by atoms with Crippen molar-refractivity contribution >= 4 is 0 Å². The minimum atomic E-state index is -1.20. The second-order valence-electron chi connectivity index (χ2n) is 3.24. The van der Waals surface area contributed by atoms with E-state index in [0.717, 1.165) is 0 Å². The normalized spacial score (nSPS) is 14.9. The Morgan fingerprint density at radius 1 is 1.60 bits per heavy atom. The lowest BCUT2D eigenvalue weighted by Crippen LogP contribution is -2.27. The van der Waals surface area contributed by atoms with Gasteiger partial charge in [-0.05, 0) is 20.0 Å². The Hall–Kier alpha value is -1.24. The molecule has 0 aliphatic heterocycles. The van der Waals surface area contributed by atoms with Crippen molar-refractivity contribution in [2.45, 2.75) is 18.6 Å². The molecule has 0 spiro atoms. The number of nitrogens with zero attached hydrogens (tertiary/aromatic N) is 1. The van der Waals surface area contributed by atoms with Crippen molar-refractivity contribution in [2.24, 2.45) is 0 Å². The fourth-order valence-corrected chi connectivity index (χ4v) is 1.22. The summed E-state index contributed by atoms with van der Waals surface area (Å²) < 4.78 is 0. The summed E-state index contributed by atoms with van der Waals surface area (Å²) in [7, 11) is 1.75. The van der Waals surface area contributed by atoms with Gasteiger partial charge in [-0.25, -0.2) is 4.98 Å². The molecule has 0 saturated heterocycles. The number of nitrogens with one attached hydrogen (secondary N) is 2. The fourth-order valence-electron chi connectivity index (χ4n) is 1.22. The van der Waals surface area contributed by atoms with Crippen LogP contribution >= 0.6 is 0 Å².